The lowest BCUT2D eigenvalue weighted by molar-refractivity contribution is 0.234. The summed E-state index contributed by atoms with van der Waals surface area (Å²) in [6.07, 6.45) is 7.96. The van der Waals surface area contributed by atoms with Gasteiger partial charge >= 0.3 is 0 Å². The van der Waals surface area contributed by atoms with E-state index < -0.39 is 0 Å². The molecule has 17 heavy (non-hydrogen) atoms. The second-order valence-corrected chi connectivity index (χ2v) is 4.94. The average Bonchev–Trinajstić information content (AvgIpc) is 2.38. The molecule has 1 aliphatic rings. The van der Waals surface area contributed by atoms with Crippen LogP contribution in [0.3, 0.4) is 0 Å². The normalized spacial score (nSPS) is 18.4. The highest BCUT2D eigenvalue weighted by molar-refractivity contribution is 5.85. The van der Waals surface area contributed by atoms with Gasteiger partial charge in [-0.15, -0.1) is 12.4 Å². The van der Waals surface area contributed by atoms with Gasteiger partial charge in [-0.25, -0.2) is 0 Å². The molecule has 1 aromatic rings. The molecule has 0 aromatic heterocycles. The molecule has 2 rings (SSSR count). The van der Waals surface area contributed by atoms with Gasteiger partial charge in [0, 0.05) is 5.54 Å². The zero-order valence-corrected chi connectivity index (χ0v) is 11.6. The Balaban J connectivity index is 0.00000144. The average molecular weight is 254 g/mol. The van der Waals surface area contributed by atoms with E-state index in [0.29, 0.717) is 0 Å². The van der Waals surface area contributed by atoms with Crippen LogP contribution in [0, 0.1) is 0 Å². The molecule has 0 spiro atoms. The topological polar surface area (TPSA) is 12.0 Å². The Hall–Kier alpha value is -0.530. The van der Waals surface area contributed by atoms with Crippen LogP contribution in [-0.2, 0) is 5.54 Å². The smallest absolute Gasteiger partial charge is 0.0434 e. The molecule has 1 nitrogen and oxygen atoms in total. The SMILES string of the molecule is CCCNC1(c2ccccc2)CCCCC1.Cl. The zero-order chi connectivity index (χ0) is 11.3. The van der Waals surface area contributed by atoms with E-state index in [-0.39, 0.29) is 17.9 Å². The molecule has 2 heteroatoms. The highest BCUT2D eigenvalue weighted by Crippen LogP contribution is 2.36. The summed E-state index contributed by atoms with van der Waals surface area (Å²) in [5, 5.41) is 3.80. The first-order valence-electron chi connectivity index (χ1n) is 6.68. The molecule has 0 bridgehead atoms. The molecule has 0 heterocycles. The maximum absolute atomic E-state index is 3.80. The molecule has 1 fully saturated rings. The first-order valence-corrected chi connectivity index (χ1v) is 6.68. The van der Waals surface area contributed by atoms with Crippen LogP contribution >= 0.6 is 12.4 Å². The summed E-state index contributed by atoms with van der Waals surface area (Å²) in [4.78, 5) is 0. The molecule has 96 valence electrons. The lowest BCUT2D eigenvalue weighted by Gasteiger charge is -2.39. The van der Waals surface area contributed by atoms with Crippen molar-refractivity contribution in [3.05, 3.63) is 35.9 Å². The van der Waals surface area contributed by atoms with Gasteiger partial charge in [-0.2, -0.15) is 0 Å². The van der Waals surface area contributed by atoms with Gasteiger partial charge in [0.25, 0.3) is 0 Å². The van der Waals surface area contributed by atoms with Crippen LogP contribution in [0.15, 0.2) is 30.3 Å². The van der Waals surface area contributed by atoms with Gasteiger partial charge in [0.2, 0.25) is 0 Å². The van der Waals surface area contributed by atoms with E-state index in [2.05, 4.69) is 42.6 Å². The minimum atomic E-state index is 0. The van der Waals surface area contributed by atoms with Crippen molar-refractivity contribution in [3.8, 4) is 0 Å². The molecule has 0 unspecified atom stereocenters. The van der Waals surface area contributed by atoms with Crippen molar-refractivity contribution >= 4 is 12.4 Å². The monoisotopic (exact) mass is 253 g/mol. The maximum atomic E-state index is 3.80. The number of hydrogen-bond acceptors (Lipinski definition) is 1. The molecule has 0 saturated heterocycles. The highest BCUT2D eigenvalue weighted by Gasteiger charge is 2.32. The second kappa shape index (κ2) is 7.03. The summed E-state index contributed by atoms with van der Waals surface area (Å²) in [5.74, 6) is 0. The molecular weight excluding hydrogens is 230 g/mol. The van der Waals surface area contributed by atoms with Crippen molar-refractivity contribution in [1.29, 1.82) is 0 Å². The van der Waals surface area contributed by atoms with Gasteiger partial charge in [-0.05, 0) is 31.4 Å². The molecule has 1 aromatic carbocycles. The van der Waals surface area contributed by atoms with E-state index >= 15 is 0 Å². The summed E-state index contributed by atoms with van der Waals surface area (Å²) in [6, 6.07) is 11.0. The fourth-order valence-corrected chi connectivity index (χ4v) is 2.84. The lowest BCUT2D eigenvalue weighted by atomic mass is 9.76. The quantitative estimate of drug-likeness (QED) is 0.845. The van der Waals surface area contributed by atoms with Crippen molar-refractivity contribution in [1.82, 2.24) is 5.32 Å². The van der Waals surface area contributed by atoms with E-state index in [1.54, 1.807) is 0 Å². The first kappa shape index (κ1) is 14.5. The van der Waals surface area contributed by atoms with E-state index in [4.69, 9.17) is 0 Å². The highest BCUT2D eigenvalue weighted by atomic mass is 35.5. The van der Waals surface area contributed by atoms with Crippen LogP contribution in [0.2, 0.25) is 0 Å². The Morgan fingerprint density at radius 3 is 2.29 bits per heavy atom. The third-order valence-electron chi connectivity index (χ3n) is 3.75. The van der Waals surface area contributed by atoms with Gasteiger partial charge in [0.1, 0.15) is 0 Å². The van der Waals surface area contributed by atoms with Crippen molar-refractivity contribution in [2.24, 2.45) is 0 Å². The molecule has 0 amide bonds. The predicted molar refractivity (Wildman–Crippen MR) is 76.7 cm³/mol. The van der Waals surface area contributed by atoms with Crippen molar-refractivity contribution in [3.63, 3.8) is 0 Å². The van der Waals surface area contributed by atoms with Crippen molar-refractivity contribution in [2.75, 3.05) is 6.54 Å². The Kier molecular flexibility index (Phi) is 6.01. The van der Waals surface area contributed by atoms with Crippen LogP contribution in [0.4, 0.5) is 0 Å². The Morgan fingerprint density at radius 1 is 1.06 bits per heavy atom. The fourth-order valence-electron chi connectivity index (χ4n) is 2.84. The minimum Gasteiger partial charge on any atom is -0.307 e. The van der Waals surface area contributed by atoms with E-state index in [1.165, 1.54) is 44.1 Å². The standard InChI is InChI=1S/C15H23N.ClH/c1-2-13-16-15(11-7-4-8-12-15)14-9-5-3-6-10-14;/h3,5-6,9-10,16H,2,4,7-8,11-13H2,1H3;1H. The van der Waals surface area contributed by atoms with Gasteiger partial charge in [0.05, 0.1) is 0 Å². The lowest BCUT2D eigenvalue weighted by Crippen LogP contribution is -2.44. The van der Waals surface area contributed by atoms with E-state index in [0.717, 1.165) is 6.54 Å². The molecule has 0 aliphatic heterocycles. The van der Waals surface area contributed by atoms with Crippen LogP contribution in [0.5, 0.6) is 0 Å². The maximum Gasteiger partial charge on any atom is 0.0434 e. The van der Waals surface area contributed by atoms with Crippen LogP contribution < -0.4 is 5.32 Å². The Labute approximate surface area is 111 Å². The Morgan fingerprint density at radius 2 is 1.71 bits per heavy atom. The zero-order valence-electron chi connectivity index (χ0n) is 10.7. The number of rotatable bonds is 4. The number of hydrogen-bond donors (Lipinski definition) is 1. The summed E-state index contributed by atoms with van der Waals surface area (Å²) in [7, 11) is 0. The molecule has 1 saturated carbocycles. The van der Waals surface area contributed by atoms with Crippen LogP contribution in [0.1, 0.15) is 51.0 Å². The second-order valence-electron chi connectivity index (χ2n) is 4.94. The summed E-state index contributed by atoms with van der Waals surface area (Å²) >= 11 is 0. The van der Waals surface area contributed by atoms with Crippen LogP contribution in [0.25, 0.3) is 0 Å². The van der Waals surface area contributed by atoms with Gasteiger partial charge in [-0.1, -0.05) is 56.5 Å². The summed E-state index contributed by atoms with van der Waals surface area (Å²) < 4.78 is 0. The van der Waals surface area contributed by atoms with Gasteiger partial charge in [-0.3, -0.25) is 0 Å². The minimum absolute atomic E-state index is 0. The Bertz CT molecular complexity index is 304. The van der Waals surface area contributed by atoms with E-state index in [9.17, 15) is 0 Å². The number of nitrogens with one attached hydrogen (secondary N) is 1. The third kappa shape index (κ3) is 3.46. The number of halogens is 1. The molecule has 0 radical (unpaired) electrons. The first-order chi connectivity index (χ1) is 7.87. The van der Waals surface area contributed by atoms with Gasteiger partial charge in [0.15, 0.2) is 0 Å². The molecule has 1 aliphatic carbocycles. The summed E-state index contributed by atoms with van der Waals surface area (Å²) in [6.45, 7) is 3.38. The summed E-state index contributed by atoms with van der Waals surface area (Å²) in [5.41, 5.74) is 1.76. The van der Waals surface area contributed by atoms with Gasteiger partial charge < -0.3 is 5.32 Å². The largest absolute Gasteiger partial charge is 0.307 e. The van der Waals surface area contributed by atoms with Crippen LogP contribution in [-0.4, -0.2) is 6.54 Å². The van der Waals surface area contributed by atoms with E-state index in [1.807, 2.05) is 0 Å². The molecule has 1 N–H and O–H groups in total. The van der Waals surface area contributed by atoms with Crippen molar-refractivity contribution < 1.29 is 0 Å². The fraction of sp³-hybridized carbons (Fsp3) is 0.600. The predicted octanol–water partition coefficient (Wildman–Crippen LogP) is 4.27. The third-order valence-corrected chi connectivity index (χ3v) is 3.75. The number of benzene rings is 1. The van der Waals surface area contributed by atoms with Crippen molar-refractivity contribution in [2.45, 2.75) is 51.0 Å². The molecule has 0 atom stereocenters. The molecular formula is C15H24ClN.